The van der Waals surface area contributed by atoms with Gasteiger partial charge in [0.25, 0.3) is 11.5 Å². The first-order chi connectivity index (χ1) is 22.7. The standard InChI is InChI=1S/C35H30F2N6O4/c36-27-7-5-24(6-8-27)17-25-18-30(34(46)42(20-25)21-26-3-1-2-4-31(26)37)32(44)19-33(45)35(47)41-15-13-40(14-16-41)28-9-11-29(12-10-28)43-23-38-22-39-43/h1-12,18-20,22-23,44H,13-17,21H2. The quantitative estimate of drug-likeness (QED) is 0.147. The highest BCUT2D eigenvalue weighted by molar-refractivity contribution is 6.41. The Balaban J connectivity index is 1.18. The highest BCUT2D eigenvalue weighted by atomic mass is 19.1. The zero-order chi connectivity index (χ0) is 32.9. The molecule has 1 amide bonds. The van der Waals surface area contributed by atoms with E-state index in [9.17, 15) is 28.3 Å². The van der Waals surface area contributed by atoms with Crippen LogP contribution >= 0.6 is 0 Å². The number of hydrogen-bond acceptors (Lipinski definition) is 7. The zero-order valence-electron chi connectivity index (χ0n) is 25.2. The summed E-state index contributed by atoms with van der Waals surface area (Å²) in [5, 5.41) is 15.1. The van der Waals surface area contributed by atoms with E-state index < -0.39 is 34.6 Å². The number of aliphatic hydroxyl groups excluding tert-OH is 1. The number of pyridine rings is 1. The molecule has 238 valence electrons. The fourth-order valence-electron chi connectivity index (χ4n) is 5.49. The van der Waals surface area contributed by atoms with Crippen LogP contribution in [0.1, 0.15) is 22.3 Å². The lowest BCUT2D eigenvalue weighted by Gasteiger charge is -2.35. The molecule has 0 bridgehead atoms. The molecule has 1 N–H and O–H groups in total. The van der Waals surface area contributed by atoms with Crippen LogP contribution in [-0.2, 0) is 22.6 Å². The van der Waals surface area contributed by atoms with Gasteiger partial charge in [0.15, 0.2) is 0 Å². The van der Waals surface area contributed by atoms with Crippen LogP contribution in [0.3, 0.4) is 0 Å². The number of aromatic nitrogens is 4. The number of piperazine rings is 1. The number of anilines is 1. The summed E-state index contributed by atoms with van der Waals surface area (Å²) in [5.41, 5.74) is 2.45. The third-order valence-electron chi connectivity index (χ3n) is 7.98. The van der Waals surface area contributed by atoms with Gasteiger partial charge in [-0.15, -0.1) is 0 Å². The molecular formula is C35H30F2N6O4. The van der Waals surface area contributed by atoms with E-state index >= 15 is 0 Å². The summed E-state index contributed by atoms with van der Waals surface area (Å²) >= 11 is 0. The smallest absolute Gasteiger partial charge is 0.294 e. The van der Waals surface area contributed by atoms with Crippen LogP contribution in [0.4, 0.5) is 14.5 Å². The third kappa shape index (κ3) is 7.17. The summed E-state index contributed by atoms with van der Waals surface area (Å²) < 4.78 is 30.8. The molecule has 1 aliphatic rings. The van der Waals surface area contributed by atoms with Gasteiger partial charge in [0.05, 0.1) is 17.8 Å². The Bertz CT molecular complexity index is 1980. The summed E-state index contributed by atoms with van der Waals surface area (Å²) in [7, 11) is 0. The molecule has 3 heterocycles. The normalized spacial score (nSPS) is 13.5. The molecule has 6 rings (SSSR count). The van der Waals surface area contributed by atoms with Gasteiger partial charge in [0.1, 0.15) is 30.0 Å². The largest absolute Gasteiger partial charge is 0.507 e. The number of nitrogens with zero attached hydrogens (tertiary/aromatic N) is 6. The minimum atomic E-state index is -0.975. The van der Waals surface area contributed by atoms with E-state index in [0.29, 0.717) is 18.7 Å². The van der Waals surface area contributed by atoms with Crippen molar-refractivity contribution in [3.63, 3.8) is 0 Å². The summed E-state index contributed by atoms with van der Waals surface area (Å²) in [5.74, 6) is -3.36. The number of ketones is 1. The highest BCUT2D eigenvalue weighted by Crippen LogP contribution is 2.20. The van der Waals surface area contributed by atoms with E-state index in [1.165, 1.54) is 52.3 Å². The molecule has 1 aliphatic heterocycles. The second kappa shape index (κ2) is 13.6. The minimum absolute atomic E-state index is 0.136. The Hall–Kier alpha value is -5.91. The van der Waals surface area contributed by atoms with E-state index in [-0.39, 0.29) is 37.2 Å². The van der Waals surface area contributed by atoms with Gasteiger partial charge in [-0.1, -0.05) is 30.3 Å². The topological polar surface area (TPSA) is 114 Å². The summed E-state index contributed by atoms with van der Waals surface area (Å²) in [6.07, 6.45) is 5.61. The number of carbonyl (C=O) groups is 2. The lowest BCUT2D eigenvalue weighted by molar-refractivity contribution is -0.142. The SMILES string of the molecule is O=C(C=C(O)c1cc(Cc2ccc(F)cc2)cn(Cc2ccccc2F)c1=O)C(=O)N1CCN(c2ccc(-n3cncn3)cc2)CC1. The monoisotopic (exact) mass is 636 g/mol. The molecule has 0 spiro atoms. The number of hydrogen-bond donors (Lipinski definition) is 1. The lowest BCUT2D eigenvalue weighted by atomic mass is 10.0. The average molecular weight is 637 g/mol. The van der Waals surface area contributed by atoms with Gasteiger partial charge in [0.2, 0.25) is 5.78 Å². The van der Waals surface area contributed by atoms with E-state index in [0.717, 1.165) is 23.0 Å². The molecule has 2 aromatic heterocycles. The van der Waals surface area contributed by atoms with Crippen LogP contribution in [0.5, 0.6) is 0 Å². The van der Waals surface area contributed by atoms with Gasteiger partial charge in [-0.25, -0.2) is 18.4 Å². The van der Waals surface area contributed by atoms with Crippen molar-refractivity contribution >= 4 is 23.1 Å². The van der Waals surface area contributed by atoms with Crippen LogP contribution in [0, 0.1) is 11.6 Å². The van der Waals surface area contributed by atoms with Gasteiger partial charge in [-0.05, 0) is 66.1 Å². The first-order valence-corrected chi connectivity index (χ1v) is 14.9. The average Bonchev–Trinajstić information content (AvgIpc) is 3.63. The first kappa shape index (κ1) is 31.1. The number of amides is 1. The molecule has 3 aromatic carbocycles. The number of halogens is 2. The molecule has 0 atom stereocenters. The van der Waals surface area contributed by atoms with Crippen LogP contribution in [0.25, 0.3) is 11.4 Å². The molecule has 1 fully saturated rings. The van der Waals surface area contributed by atoms with Crippen LogP contribution in [0.2, 0.25) is 0 Å². The molecule has 1 saturated heterocycles. The van der Waals surface area contributed by atoms with E-state index in [1.807, 2.05) is 24.3 Å². The highest BCUT2D eigenvalue weighted by Gasteiger charge is 2.26. The first-order valence-electron chi connectivity index (χ1n) is 14.9. The van der Waals surface area contributed by atoms with E-state index in [4.69, 9.17) is 0 Å². The van der Waals surface area contributed by atoms with Crippen molar-refractivity contribution in [2.45, 2.75) is 13.0 Å². The second-order valence-electron chi connectivity index (χ2n) is 11.1. The second-order valence-corrected chi connectivity index (χ2v) is 11.1. The number of benzene rings is 3. The predicted octanol–water partition coefficient (Wildman–Crippen LogP) is 4.16. The Kier molecular flexibility index (Phi) is 9.00. The van der Waals surface area contributed by atoms with Crippen molar-refractivity contribution in [1.82, 2.24) is 24.2 Å². The van der Waals surface area contributed by atoms with Gasteiger partial charge in [-0.3, -0.25) is 14.4 Å². The van der Waals surface area contributed by atoms with Crippen LogP contribution in [-0.4, -0.2) is 67.2 Å². The van der Waals surface area contributed by atoms with Crippen LogP contribution < -0.4 is 10.5 Å². The Morgan fingerprint density at radius 3 is 2.26 bits per heavy atom. The van der Waals surface area contributed by atoms with Crippen molar-refractivity contribution in [2.24, 2.45) is 0 Å². The molecule has 0 saturated carbocycles. The maximum absolute atomic E-state index is 14.5. The van der Waals surface area contributed by atoms with Crippen molar-refractivity contribution < 1.29 is 23.5 Å². The van der Waals surface area contributed by atoms with Gasteiger partial charge in [-0.2, -0.15) is 5.10 Å². The van der Waals surface area contributed by atoms with Gasteiger partial charge >= 0.3 is 0 Å². The lowest BCUT2D eigenvalue weighted by Crippen LogP contribution is -2.50. The molecule has 47 heavy (non-hydrogen) atoms. The Morgan fingerprint density at radius 2 is 1.57 bits per heavy atom. The molecule has 0 unspecified atom stereocenters. The Morgan fingerprint density at radius 1 is 0.872 bits per heavy atom. The van der Waals surface area contributed by atoms with Crippen molar-refractivity contribution in [3.05, 3.63) is 148 Å². The summed E-state index contributed by atoms with van der Waals surface area (Å²) in [6, 6.07) is 20.9. The molecule has 0 radical (unpaired) electrons. The number of carbonyl (C=O) groups excluding carboxylic acids is 2. The zero-order valence-corrected chi connectivity index (χ0v) is 25.2. The fraction of sp³-hybridized carbons (Fsp3) is 0.171. The molecule has 12 heteroatoms. The van der Waals surface area contributed by atoms with Crippen molar-refractivity contribution in [1.29, 1.82) is 0 Å². The molecular weight excluding hydrogens is 606 g/mol. The maximum atomic E-state index is 14.5. The predicted molar refractivity (Wildman–Crippen MR) is 171 cm³/mol. The number of aliphatic hydroxyl groups is 1. The van der Waals surface area contributed by atoms with E-state index in [1.54, 1.807) is 35.3 Å². The van der Waals surface area contributed by atoms with Gasteiger partial charge < -0.3 is 19.5 Å². The minimum Gasteiger partial charge on any atom is -0.507 e. The Labute approximate surface area is 268 Å². The van der Waals surface area contributed by atoms with E-state index in [2.05, 4.69) is 15.0 Å². The van der Waals surface area contributed by atoms with Crippen molar-refractivity contribution in [2.75, 3.05) is 31.1 Å². The maximum Gasteiger partial charge on any atom is 0.294 e. The molecule has 10 nitrogen and oxygen atoms in total. The van der Waals surface area contributed by atoms with Gasteiger partial charge in [0, 0.05) is 49.7 Å². The van der Waals surface area contributed by atoms with Crippen molar-refractivity contribution in [3.8, 4) is 5.69 Å². The molecule has 5 aromatic rings. The molecule has 0 aliphatic carbocycles. The fourth-order valence-corrected chi connectivity index (χ4v) is 5.49. The summed E-state index contributed by atoms with van der Waals surface area (Å²) in [4.78, 5) is 47.0. The number of rotatable bonds is 9. The third-order valence-corrected chi connectivity index (χ3v) is 7.98. The van der Waals surface area contributed by atoms with Crippen LogP contribution in [0.15, 0.2) is 109 Å². The summed E-state index contributed by atoms with van der Waals surface area (Å²) in [6.45, 7) is 1.41.